The van der Waals surface area contributed by atoms with Crippen LogP contribution in [0.4, 0.5) is 0 Å². The van der Waals surface area contributed by atoms with Crippen molar-refractivity contribution in [2.75, 3.05) is 6.61 Å². The molecule has 0 aromatic rings. The van der Waals surface area contributed by atoms with Crippen LogP contribution in [0.5, 0.6) is 0 Å². The fourth-order valence-corrected chi connectivity index (χ4v) is 2.72. The predicted octanol–water partition coefficient (Wildman–Crippen LogP) is 2.70. The molecule has 0 amide bonds. The Bertz CT molecular complexity index is 259. The minimum absolute atomic E-state index is 0.365. The van der Waals surface area contributed by atoms with Crippen molar-refractivity contribution in [3.8, 4) is 6.07 Å². The van der Waals surface area contributed by atoms with Gasteiger partial charge in [-0.3, -0.25) is 0 Å². The second kappa shape index (κ2) is 6.98. The molecule has 2 N–H and O–H groups in total. The molecule has 3 heteroatoms. The van der Waals surface area contributed by atoms with E-state index in [2.05, 4.69) is 20.8 Å². The van der Waals surface area contributed by atoms with Gasteiger partial charge in [-0.25, -0.2) is 0 Å². The van der Waals surface area contributed by atoms with E-state index in [1.165, 1.54) is 12.8 Å². The van der Waals surface area contributed by atoms with Crippen LogP contribution in [0, 0.1) is 29.1 Å². The molecule has 0 radical (unpaired) electrons. The maximum atomic E-state index is 8.62. The minimum Gasteiger partial charge on any atom is -0.378 e. The van der Waals surface area contributed by atoms with Gasteiger partial charge in [-0.15, -0.1) is 0 Å². The summed E-state index contributed by atoms with van der Waals surface area (Å²) in [6.45, 7) is 7.47. The van der Waals surface area contributed by atoms with Gasteiger partial charge in [-0.05, 0) is 37.0 Å². The Balaban J connectivity index is 2.39. The van der Waals surface area contributed by atoms with Gasteiger partial charge in [-0.1, -0.05) is 27.2 Å². The Morgan fingerprint density at radius 2 is 2.12 bits per heavy atom. The van der Waals surface area contributed by atoms with Crippen molar-refractivity contribution in [2.45, 2.75) is 58.6 Å². The lowest BCUT2D eigenvalue weighted by atomic mass is 9.75. The van der Waals surface area contributed by atoms with Gasteiger partial charge in [0, 0.05) is 6.61 Å². The van der Waals surface area contributed by atoms with Crippen LogP contribution in [-0.4, -0.2) is 18.8 Å². The third-order valence-corrected chi connectivity index (χ3v) is 3.89. The molecule has 0 spiro atoms. The highest BCUT2D eigenvalue weighted by Crippen LogP contribution is 2.35. The van der Waals surface area contributed by atoms with Gasteiger partial charge in [-0.2, -0.15) is 5.26 Å². The van der Waals surface area contributed by atoms with E-state index < -0.39 is 0 Å². The SMILES string of the molecule is CC1CCC(C(C)C)C(OCCC(N)C#N)C1. The first-order valence-electron chi connectivity index (χ1n) is 6.81. The highest BCUT2D eigenvalue weighted by Gasteiger charge is 2.31. The van der Waals surface area contributed by atoms with Crippen LogP contribution >= 0.6 is 0 Å². The molecule has 4 unspecified atom stereocenters. The first-order valence-corrected chi connectivity index (χ1v) is 6.81. The zero-order valence-electron chi connectivity index (χ0n) is 11.4. The molecule has 1 saturated carbocycles. The van der Waals surface area contributed by atoms with Crippen molar-refractivity contribution in [1.29, 1.82) is 5.26 Å². The molecular weight excluding hydrogens is 212 g/mol. The zero-order valence-corrected chi connectivity index (χ0v) is 11.4. The maximum absolute atomic E-state index is 8.62. The van der Waals surface area contributed by atoms with Crippen molar-refractivity contribution in [1.82, 2.24) is 0 Å². The quantitative estimate of drug-likeness (QED) is 0.801. The number of ether oxygens (including phenoxy) is 1. The second-order valence-corrected chi connectivity index (χ2v) is 5.76. The molecule has 0 heterocycles. The number of hydrogen-bond donors (Lipinski definition) is 1. The lowest BCUT2D eigenvalue weighted by molar-refractivity contribution is -0.0393. The number of rotatable bonds is 5. The van der Waals surface area contributed by atoms with E-state index in [0.29, 0.717) is 31.0 Å². The molecule has 1 rings (SSSR count). The molecule has 1 aliphatic carbocycles. The average Bonchev–Trinajstić information content (AvgIpc) is 2.28. The number of nitriles is 1. The van der Waals surface area contributed by atoms with Crippen LogP contribution in [0.25, 0.3) is 0 Å². The van der Waals surface area contributed by atoms with E-state index >= 15 is 0 Å². The van der Waals surface area contributed by atoms with Crippen LogP contribution in [0.3, 0.4) is 0 Å². The van der Waals surface area contributed by atoms with Gasteiger partial charge in [0.15, 0.2) is 0 Å². The first-order chi connectivity index (χ1) is 8.04. The third kappa shape index (κ3) is 4.65. The number of nitrogens with two attached hydrogens (primary N) is 1. The van der Waals surface area contributed by atoms with Crippen molar-refractivity contribution in [2.24, 2.45) is 23.5 Å². The fourth-order valence-electron chi connectivity index (χ4n) is 2.72. The van der Waals surface area contributed by atoms with Crippen LogP contribution in [0.1, 0.15) is 46.5 Å². The Labute approximate surface area is 105 Å². The number of nitrogens with zero attached hydrogens (tertiary/aromatic N) is 1. The molecule has 1 aliphatic rings. The summed E-state index contributed by atoms with van der Waals surface area (Å²) < 4.78 is 5.97. The molecule has 0 saturated heterocycles. The van der Waals surface area contributed by atoms with Crippen molar-refractivity contribution >= 4 is 0 Å². The summed E-state index contributed by atoms with van der Waals surface area (Å²) in [6, 6.07) is 1.66. The van der Waals surface area contributed by atoms with Gasteiger partial charge in [0.1, 0.15) is 0 Å². The molecule has 17 heavy (non-hydrogen) atoms. The lowest BCUT2D eigenvalue weighted by Crippen LogP contribution is -2.35. The molecule has 0 bridgehead atoms. The summed E-state index contributed by atoms with van der Waals surface area (Å²) in [7, 11) is 0. The van der Waals surface area contributed by atoms with E-state index in [-0.39, 0.29) is 6.04 Å². The largest absolute Gasteiger partial charge is 0.378 e. The maximum Gasteiger partial charge on any atom is 0.0950 e. The smallest absolute Gasteiger partial charge is 0.0950 e. The molecule has 4 atom stereocenters. The molecule has 3 nitrogen and oxygen atoms in total. The molecule has 0 aromatic heterocycles. The average molecular weight is 238 g/mol. The summed E-state index contributed by atoms with van der Waals surface area (Å²) >= 11 is 0. The Hall–Kier alpha value is -0.590. The Morgan fingerprint density at radius 3 is 2.71 bits per heavy atom. The predicted molar refractivity (Wildman–Crippen MR) is 69.3 cm³/mol. The van der Waals surface area contributed by atoms with Crippen LogP contribution in [0.2, 0.25) is 0 Å². The standard InChI is InChI=1S/C14H26N2O/c1-10(2)13-5-4-11(3)8-14(13)17-7-6-12(16)9-15/h10-14H,4-8,16H2,1-3H3. The minimum atomic E-state index is -0.381. The van der Waals surface area contributed by atoms with Crippen molar-refractivity contribution < 1.29 is 4.74 Å². The van der Waals surface area contributed by atoms with Gasteiger partial charge < -0.3 is 10.5 Å². The highest BCUT2D eigenvalue weighted by atomic mass is 16.5. The highest BCUT2D eigenvalue weighted by molar-refractivity contribution is 4.86. The summed E-state index contributed by atoms with van der Waals surface area (Å²) in [5, 5.41) is 8.62. The van der Waals surface area contributed by atoms with E-state index in [1.807, 2.05) is 6.07 Å². The van der Waals surface area contributed by atoms with Crippen molar-refractivity contribution in [3.05, 3.63) is 0 Å². The lowest BCUT2D eigenvalue weighted by Gasteiger charge is -2.37. The van der Waals surface area contributed by atoms with Gasteiger partial charge >= 0.3 is 0 Å². The van der Waals surface area contributed by atoms with Crippen LogP contribution < -0.4 is 5.73 Å². The zero-order chi connectivity index (χ0) is 12.8. The first kappa shape index (κ1) is 14.5. The van der Waals surface area contributed by atoms with Gasteiger partial charge in [0.25, 0.3) is 0 Å². The molecule has 0 aliphatic heterocycles. The molecule has 0 aromatic carbocycles. The van der Waals surface area contributed by atoms with Crippen LogP contribution in [0.15, 0.2) is 0 Å². The van der Waals surface area contributed by atoms with E-state index in [4.69, 9.17) is 15.7 Å². The summed E-state index contributed by atoms with van der Waals surface area (Å²) in [4.78, 5) is 0. The fraction of sp³-hybridized carbons (Fsp3) is 0.929. The Kier molecular flexibility index (Phi) is 5.94. The Morgan fingerprint density at radius 1 is 1.41 bits per heavy atom. The molecule has 98 valence electrons. The van der Waals surface area contributed by atoms with Crippen molar-refractivity contribution in [3.63, 3.8) is 0 Å². The molecule has 1 fully saturated rings. The summed E-state index contributed by atoms with van der Waals surface area (Å²) in [5.74, 6) is 2.11. The topological polar surface area (TPSA) is 59.0 Å². The van der Waals surface area contributed by atoms with Gasteiger partial charge in [0.2, 0.25) is 0 Å². The summed E-state index contributed by atoms with van der Waals surface area (Å²) in [5.41, 5.74) is 5.57. The van der Waals surface area contributed by atoms with E-state index in [9.17, 15) is 0 Å². The number of hydrogen-bond acceptors (Lipinski definition) is 3. The third-order valence-electron chi connectivity index (χ3n) is 3.89. The van der Waals surface area contributed by atoms with Crippen LogP contribution in [-0.2, 0) is 4.74 Å². The molecular formula is C14H26N2O. The summed E-state index contributed by atoms with van der Waals surface area (Å²) in [6.07, 6.45) is 4.76. The van der Waals surface area contributed by atoms with E-state index in [1.54, 1.807) is 0 Å². The second-order valence-electron chi connectivity index (χ2n) is 5.76. The normalized spacial score (nSPS) is 31.2. The monoisotopic (exact) mass is 238 g/mol. The van der Waals surface area contributed by atoms with Gasteiger partial charge in [0.05, 0.1) is 18.2 Å². The van der Waals surface area contributed by atoms with E-state index in [0.717, 1.165) is 12.3 Å².